The normalized spacial score (nSPS) is 10.6. The first-order chi connectivity index (χ1) is 9.04. The van der Waals surface area contributed by atoms with E-state index in [1.165, 1.54) is 33.4 Å². The van der Waals surface area contributed by atoms with E-state index in [2.05, 4.69) is 52.0 Å². The third-order valence-electron chi connectivity index (χ3n) is 3.79. The fourth-order valence-corrected chi connectivity index (χ4v) is 2.64. The summed E-state index contributed by atoms with van der Waals surface area (Å²) in [6.45, 7) is 11.5. The van der Waals surface area contributed by atoms with E-state index in [0.717, 1.165) is 5.75 Å². The second-order valence-electron chi connectivity index (χ2n) is 5.10. The Labute approximate surface area is 116 Å². The predicted molar refractivity (Wildman–Crippen MR) is 82.0 cm³/mol. The molecule has 2 rings (SSSR count). The van der Waals surface area contributed by atoms with Crippen molar-refractivity contribution in [1.29, 1.82) is 0 Å². The van der Waals surface area contributed by atoms with E-state index in [1.54, 1.807) is 0 Å². The molecule has 0 aliphatic rings. The fourth-order valence-electron chi connectivity index (χ4n) is 2.64. The van der Waals surface area contributed by atoms with E-state index in [1.807, 2.05) is 13.0 Å². The summed E-state index contributed by atoms with van der Waals surface area (Å²) in [6.07, 6.45) is 0. The number of aryl methyl sites for hydroxylation is 2. The summed E-state index contributed by atoms with van der Waals surface area (Å²) < 4.78 is 5.60. The smallest absolute Gasteiger partial charge is 0.119 e. The van der Waals surface area contributed by atoms with Crippen molar-refractivity contribution < 1.29 is 4.74 Å². The third-order valence-corrected chi connectivity index (χ3v) is 3.79. The van der Waals surface area contributed by atoms with Crippen LogP contribution in [0.4, 0.5) is 0 Å². The molecule has 1 nitrogen and oxygen atoms in total. The molecule has 0 radical (unpaired) electrons. The van der Waals surface area contributed by atoms with Crippen molar-refractivity contribution >= 4 is 0 Å². The van der Waals surface area contributed by atoms with Crippen LogP contribution in [0.3, 0.4) is 0 Å². The van der Waals surface area contributed by atoms with Crippen LogP contribution in [0.25, 0.3) is 11.1 Å². The summed E-state index contributed by atoms with van der Waals surface area (Å²) in [5.41, 5.74) is 8.01. The standard InChI is InChI=1S/C18H22O/c1-6-19-17-9-7-8-16(11-17)18-13(3)10-12(2)14(4)15(18)5/h7-11H,6H2,1-5H3. The lowest BCUT2D eigenvalue weighted by molar-refractivity contribution is 0.340. The van der Waals surface area contributed by atoms with Gasteiger partial charge in [-0.1, -0.05) is 18.2 Å². The zero-order valence-electron chi connectivity index (χ0n) is 12.5. The number of benzene rings is 2. The van der Waals surface area contributed by atoms with Gasteiger partial charge in [-0.15, -0.1) is 0 Å². The Morgan fingerprint density at radius 2 is 1.63 bits per heavy atom. The first kappa shape index (κ1) is 13.7. The summed E-state index contributed by atoms with van der Waals surface area (Å²) in [6, 6.07) is 10.6. The summed E-state index contributed by atoms with van der Waals surface area (Å²) in [4.78, 5) is 0. The van der Waals surface area contributed by atoms with E-state index in [-0.39, 0.29) is 0 Å². The molecule has 2 aromatic rings. The molecule has 2 aromatic carbocycles. The van der Waals surface area contributed by atoms with Gasteiger partial charge in [-0.3, -0.25) is 0 Å². The summed E-state index contributed by atoms with van der Waals surface area (Å²) in [5.74, 6) is 0.942. The lowest BCUT2D eigenvalue weighted by Gasteiger charge is -2.16. The Morgan fingerprint density at radius 1 is 0.895 bits per heavy atom. The van der Waals surface area contributed by atoms with Crippen LogP contribution in [0.2, 0.25) is 0 Å². The van der Waals surface area contributed by atoms with Gasteiger partial charge in [0.25, 0.3) is 0 Å². The fraction of sp³-hybridized carbons (Fsp3) is 0.333. The number of rotatable bonds is 3. The average Bonchev–Trinajstić information content (AvgIpc) is 2.37. The molecule has 0 bridgehead atoms. The van der Waals surface area contributed by atoms with Crippen LogP contribution >= 0.6 is 0 Å². The van der Waals surface area contributed by atoms with Crippen LogP contribution in [0.1, 0.15) is 29.2 Å². The lowest BCUT2D eigenvalue weighted by atomic mass is 9.90. The minimum absolute atomic E-state index is 0.703. The molecule has 0 aliphatic heterocycles. The van der Waals surface area contributed by atoms with Crippen molar-refractivity contribution in [1.82, 2.24) is 0 Å². The van der Waals surface area contributed by atoms with Gasteiger partial charge in [0.15, 0.2) is 0 Å². The third kappa shape index (κ3) is 2.65. The maximum absolute atomic E-state index is 5.60. The molecule has 19 heavy (non-hydrogen) atoms. The molecule has 0 saturated heterocycles. The number of hydrogen-bond acceptors (Lipinski definition) is 1. The van der Waals surface area contributed by atoms with Crippen molar-refractivity contribution in [2.45, 2.75) is 34.6 Å². The van der Waals surface area contributed by atoms with Crippen LogP contribution in [-0.4, -0.2) is 6.61 Å². The van der Waals surface area contributed by atoms with E-state index >= 15 is 0 Å². The Hall–Kier alpha value is -1.76. The quantitative estimate of drug-likeness (QED) is 0.750. The van der Waals surface area contributed by atoms with Gasteiger partial charge in [-0.2, -0.15) is 0 Å². The Morgan fingerprint density at radius 3 is 2.32 bits per heavy atom. The molecule has 0 unspecified atom stereocenters. The van der Waals surface area contributed by atoms with Gasteiger partial charge in [0.1, 0.15) is 5.75 Å². The maximum Gasteiger partial charge on any atom is 0.119 e. The molecule has 100 valence electrons. The first-order valence-electron chi connectivity index (χ1n) is 6.85. The van der Waals surface area contributed by atoms with Gasteiger partial charge in [0, 0.05) is 0 Å². The van der Waals surface area contributed by atoms with Crippen LogP contribution in [0.5, 0.6) is 5.75 Å². The zero-order chi connectivity index (χ0) is 14.0. The zero-order valence-corrected chi connectivity index (χ0v) is 12.5. The van der Waals surface area contributed by atoms with Gasteiger partial charge in [-0.25, -0.2) is 0 Å². The molecule has 0 N–H and O–H groups in total. The second kappa shape index (κ2) is 5.48. The molecule has 0 aromatic heterocycles. The molecular formula is C18H22O. The summed E-state index contributed by atoms with van der Waals surface area (Å²) in [5, 5.41) is 0. The van der Waals surface area contributed by atoms with Gasteiger partial charge in [-0.05, 0) is 80.1 Å². The maximum atomic E-state index is 5.60. The highest BCUT2D eigenvalue weighted by Gasteiger charge is 2.10. The van der Waals surface area contributed by atoms with Gasteiger partial charge in [0.2, 0.25) is 0 Å². The minimum Gasteiger partial charge on any atom is -0.494 e. The van der Waals surface area contributed by atoms with Gasteiger partial charge < -0.3 is 4.74 Å². The first-order valence-corrected chi connectivity index (χ1v) is 6.85. The molecule has 0 aliphatic carbocycles. The van der Waals surface area contributed by atoms with Crippen molar-refractivity contribution in [2.75, 3.05) is 6.61 Å². The monoisotopic (exact) mass is 254 g/mol. The Bertz CT molecular complexity index is 597. The lowest BCUT2D eigenvalue weighted by Crippen LogP contribution is -1.96. The van der Waals surface area contributed by atoms with Crippen molar-refractivity contribution in [3.05, 3.63) is 52.6 Å². The van der Waals surface area contributed by atoms with Crippen molar-refractivity contribution in [2.24, 2.45) is 0 Å². The minimum atomic E-state index is 0.703. The summed E-state index contributed by atoms with van der Waals surface area (Å²) >= 11 is 0. The highest BCUT2D eigenvalue weighted by atomic mass is 16.5. The van der Waals surface area contributed by atoms with E-state index in [4.69, 9.17) is 4.74 Å². The highest BCUT2D eigenvalue weighted by Crippen LogP contribution is 2.32. The van der Waals surface area contributed by atoms with Crippen LogP contribution in [0, 0.1) is 27.7 Å². The Balaban J connectivity index is 2.59. The van der Waals surface area contributed by atoms with Crippen LogP contribution < -0.4 is 4.74 Å². The van der Waals surface area contributed by atoms with Crippen LogP contribution in [-0.2, 0) is 0 Å². The van der Waals surface area contributed by atoms with E-state index < -0.39 is 0 Å². The van der Waals surface area contributed by atoms with Gasteiger partial charge in [0.05, 0.1) is 6.61 Å². The molecule has 0 saturated carbocycles. The SMILES string of the molecule is CCOc1cccc(-c2c(C)cc(C)c(C)c2C)c1. The average molecular weight is 254 g/mol. The Kier molecular flexibility index (Phi) is 3.94. The van der Waals surface area contributed by atoms with E-state index in [0.29, 0.717) is 6.61 Å². The largest absolute Gasteiger partial charge is 0.494 e. The molecule has 0 spiro atoms. The van der Waals surface area contributed by atoms with Crippen molar-refractivity contribution in [3.63, 3.8) is 0 Å². The predicted octanol–water partition coefficient (Wildman–Crippen LogP) is 4.99. The second-order valence-corrected chi connectivity index (χ2v) is 5.10. The molecule has 0 fully saturated rings. The number of hydrogen-bond donors (Lipinski definition) is 0. The molecule has 1 heteroatoms. The van der Waals surface area contributed by atoms with Crippen molar-refractivity contribution in [3.8, 4) is 16.9 Å². The summed E-state index contributed by atoms with van der Waals surface area (Å²) in [7, 11) is 0. The van der Waals surface area contributed by atoms with Gasteiger partial charge >= 0.3 is 0 Å². The molecule has 0 heterocycles. The molecule has 0 atom stereocenters. The van der Waals surface area contributed by atoms with E-state index in [9.17, 15) is 0 Å². The molecule has 0 amide bonds. The molecular weight excluding hydrogens is 232 g/mol. The highest BCUT2D eigenvalue weighted by molar-refractivity contribution is 5.73. The topological polar surface area (TPSA) is 9.23 Å². The van der Waals surface area contributed by atoms with Crippen LogP contribution in [0.15, 0.2) is 30.3 Å². The number of ether oxygens (including phenoxy) is 1.